The molecule has 0 bridgehead atoms. The summed E-state index contributed by atoms with van der Waals surface area (Å²) < 4.78 is 5.85. The summed E-state index contributed by atoms with van der Waals surface area (Å²) in [6, 6.07) is 7.37. The Morgan fingerprint density at radius 3 is 2.30 bits per heavy atom. The maximum absolute atomic E-state index is 12.3. The van der Waals surface area contributed by atoms with Gasteiger partial charge in [-0.15, -0.1) is 0 Å². The third kappa shape index (κ3) is 2.59. The number of nitrogens with zero attached hydrogens (tertiary/aromatic N) is 1. The van der Waals surface area contributed by atoms with Crippen molar-refractivity contribution in [2.75, 3.05) is 14.2 Å². The van der Waals surface area contributed by atoms with Crippen molar-refractivity contribution in [3.63, 3.8) is 0 Å². The number of halogens is 1. The minimum Gasteiger partial charge on any atom is -0.467 e. The van der Waals surface area contributed by atoms with Gasteiger partial charge in [-0.05, 0) is 37.5 Å². The number of hydrogen-bond donors (Lipinski definition) is 0. The standard InChI is InChI=1S/C15H18BrNO3/c1-15(14(19)20-3,11-6-8-12(16)9-7-11)17(2)13(18)10-4-5-10/h6-10H,4-5H2,1-3H3/t15-/m0/s1. The van der Waals surface area contributed by atoms with Gasteiger partial charge in [0, 0.05) is 17.4 Å². The first-order valence-electron chi connectivity index (χ1n) is 6.53. The fourth-order valence-electron chi connectivity index (χ4n) is 2.25. The number of benzene rings is 1. The van der Waals surface area contributed by atoms with Crippen LogP contribution in [0.1, 0.15) is 25.3 Å². The Morgan fingerprint density at radius 1 is 1.30 bits per heavy atom. The molecule has 0 N–H and O–H groups in total. The highest BCUT2D eigenvalue weighted by molar-refractivity contribution is 9.10. The Morgan fingerprint density at radius 2 is 1.85 bits per heavy atom. The number of carbonyl (C=O) groups is 2. The first kappa shape index (κ1) is 15.0. The van der Waals surface area contributed by atoms with Gasteiger partial charge in [-0.2, -0.15) is 0 Å². The van der Waals surface area contributed by atoms with Crippen LogP contribution in [0.4, 0.5) is 0 Å². The van der Waals surface area contributed by atoms with E-state index >= 15 is 0 Å². The highest BCUT2D eigenvalue weighted by Crippen LogP contribution is 2.36. The number of amides is 1. The third-order valence-corrected chi connectivity index (χ3v) is 4.45. The van der Waals surface area contributed by atoms with E-state index in [4.69, 9.17) is 4.74 Å². The van der Waals surface area contributed by atoms with Crippen molar-refractivity contribution in [1.29, 1.82) is 0 Å². The Kier molecular flexibility index (Phi) is 4.18. The maximum atomic E-state index is 12.3. The number of esters is 1. The molecular weight excluding hydrogens is 322 g/mol. The van der Waals surface area contributed by atoms with E-state index < -0.39 is 11.5 Å². The molecule has 0 radical (unpaired) electrons. The van der Waals surface area contributed by atoms with E-state index in [9.17, 15) is 9.59 Å². The molecule has 5 heteroatoms. The molecule has 0 aliphatic heterocycles. The van der Waals surface area contributed by atoms with E-state index in [1.54, 1.807) is 14.0 Å². The van der Waals surface area contributed by atoms with E-state index in [-0.39, 0.29) is 11.8 Å². The molecule has 1 aromatic rings. The SMILES string of the molecule is COC(=O)[C@](C)(c1ccc(Br)cc1)N(C)C(=O)C1CC1. The van der Waals surface area contributed by atoms with Crippen LogP contribution in [0, 0.1) is 5.92 Å². The summed E-state index contributed by atoms with van der Waals surface area (Å²) in [6.45, 7) is 1.72. The average Bonchev–Trinajstić information content (AvgIpc) is 3.29. The minimum atomic E-state index is -1.10. The van der Waals surface area contributed by atoms with Crippen molar-refractivity contribution in [3.8, 4) is 0 Å². The number of hydrogen-bond acceptors (Lipinski definition) is 3. The fraction of sp³-hybridized carbons (Fsp3) is 0.467. The molecule has 0 saturated heterocycles. The molecular formula is C15H18BrNO3. The maximum Gasteiger partial charge on any atom is 0.336 e. The summed E-state index contributed by atoms with van der Waals surface area (Å²) in [5.74, 6) is -0.378. The van der Waals surface area contributed by atoms with E-state index in [1.165, 1.54) is 12.0 Å². The molecule has 1 fully saturated rings. The van der Waals surface area contributed by atoms with Crippen molar-refractivity contribution in [1.82, 2.24) is 4.90 Å². The lowest BCUT2D eigenvalue weighted by atomic mass is 9.90. The van der Waals surface area contributed by atoms with Crippen LogP contribution in [0.3, 0.4) is 0 Å². The van der Waals surface area contributed by atoms with E-state index in [1.807, 2.05) is 24.3 Å². The monoisotopic (exact) mass is 339 g/mol. The minimum absolute atomic E-state index is 0.000758. The van der Waals surface area contributed by atoms with E-state index in [0.29, 0.717) is 0 Å². The molecule has 1 aliphatic carbocycles. The zero-order chi connectivity index (χ0) is 14.9. The van der Waals surface area contributed by atoms with Crippen LogP contribution < -0.4 is 0 Å². The van der Waals surface area contributed by atoms with Gasteiger partial charge < -0.3 is 9.64 Å². The lowest BCUT2D eigenvalue weighted by Gasteiger charge is -2.36. The van der Waals surface area contributed by atoms with Crippen molar-refractivity contribution in [3.05, 3.63) is 34.3 Å². The molecule has 1 saturated carbocycles. The topological polar surface area (TPSA) is 46.6 Å². The Bertz CT molecular complexity index is 524. The number of rotatable bonds is 4. The second-order valence-corrected chi connectivity index (χ2v) is 6.16. The van der Waals surface area contributed by atoms with Crippen LogP contribution in [-0.2, 0) is 19.9 Å². The van der Waals surface area contributed by atoms with Gasteiger partial charge in [0.2, 0.25) is 5.91 Å². The molecule has 0 heterocycles. The molecule has 0 aromatic heterocycles. The smallest absolute Gasteiger partial charge is 0.336 e. The van der Waals surface area contributed by atoms with Crippen LogP contribution in [0.25, 0.3) is 0 Å². The largest absolute Gasteiger partial charge is 0.467 e. The summed E-state index contributed by atoms with van der Waals surface area (Å²) in [6.07, 6.45) is 1.81. The number of carbonyl (C=O) groups excluding carboxylic acids is 2. The second kappa shape index (κ2) is 5.56. The van der Waals surface area contributed by atoms with Gasteiger partial charge in [0.15, 0.2) is 5.54 Å². The molecule has 1 aliphatic rings. The number of ether oxygens (including phenoxy) is 1. The summed E-state index contributed by atoms with van der Waals surface area (Å²) in [4.78, 5) is 26.1. The summed E-state index contributed by atoms with van der Waals surface area (Å²) in [5.41, 5.74) is -0.362. The van der Waals surface area contributed by atoms with Crippen molar-refractivity contribution in [2.24, 2.45) is 5.92 Å². The Labute approximate surface area is 127 Å². The van der Waals surface area contributed by atoms with Crippen LogP contribution in [0.5, 0.6) is 0 Å². The van der Waals surface area contributed by atoms with Crippen LogP contribution in [-0.4, -0.2) is 30.9 Å². The van der Waals surface area contributed by atoms with Crippen LogP contribution >= 0.6 is 15.9 Å². The second-order valence-electron chi connectivity index (χ2n) is 5.24. The molecule has 1 aromatic carbocycles. The Hall–Kier alpha value is -1.36. The predicted octanol–water partition coefficient (Wildman–Crippen LogP) is 2.71. The fourth-order valence-corrected chi connectivity index (χ4v) is 2.51. The molecule has 1 atom stereocenters. The first-order chi connectivity index (χ1) is 9.41. The van der Waals surface area contributed by atoms with Gasteiger partial charge in [-0.3, -0.25) is 4.79 Å². The Balaban J connectivity index is 2.41. The summed E-state index contributed by atoms with van der Waals surface area (Å²) >= 11 is 3.37. The van der Waals surface area contributed by atoms with Gasteiger partial charge in [0.25, 0.3) is 0 Å². The lowest BCUT2D eigenvalue weighted by molar-refractivity contribution is -0.160. The summed E-state index contributed by atoms with van der Waals surface area (Å²) in [5, 5.41) is 0. The van der Waals surface area contributed by atoms with Gasteiger partial charge in [-0.1, -0.05) is 28.1 Å². The molecule has 4 nitrogen and oxygen atoms in total. The van der Waals surface area contributed by atoms with Crippen molar-refractivity contribution < 1.29 is 14.3 Å². The quantitative estimate of drug-likeness (QED) is 0.792. The lowest BCUT2D eigenvalue weighted by Crippen LogP contribution is -2.51. The van der Waals surface area contributed by atoms with Crippen molar-refractivity contribution >= 4 is 27.8 Å². The van der Waals surface area contributed by atoms with Gasteiger partial charge in [0.1, 0.15) is 0 Å². The molecule has 2 rings (SSSR count). The highest BCUT2D eigenvalue weighted by atomic mass is 79.9. The molecule has 1 amide bonds. The van der Waals surface area contributed by atoms with Crippen LogP contribution in [0.15, 0.2) is 28.7 Å². The molecule has 108 valence electrons. The average molecular weight is 340 g/mol. The van der Waals surface area contributed by atoms with Gasteiger partial charge in [-0.25, -0.2) is 4.79 Å². The predicted molar refractivity (Wildman–Crippen MR) is 79.0 cm³/mol. The van der Waals surface area contributed by atoms with E-state index in [0.717, 1.165) is 22.9 Å². The zero-order valence-corrected chi connectivity index (χ0v) is 13.4. The van der Waals surface area contributed by atoms with Gasteiger partial charge >= 0.3 is 5.97 Å². The number of likely N-dealkylation sites (N-methyl/N-ethyl adjacent to an activating group) is 1. The highest BCUT2D eigenvalue weighted by Gasteiger charge is 2.46. The normalized spacial score (nSPS) is 17.2. The van der Waals surface area contributed by atoms with E-state index in [2.05, 4.69) is 15.9 Å². The molecule has 20 heavy (non-hydrogen) atoms. The van der Waals surface area contributed by atoms with Crippen LogP contribution in [0.2, 0.25) is 0 Å². The number of methoxy groups -OCH3 is 1. The molecule has 0 unspecified atom stereocenters. The zero-order valence-electron chi connectivity index (χ0n) is 11.9. The molecule has 0 spiro atoms. The third-order valence-electron chi connectivity index (χ3n) is 3.92. The first-order valence-corrected chi connectivity index (χ1v) is 7.32. The summed E-state index contributed by atoms with van der Waals surface area (Å²) in [7, 11) is 3.01. The van der Waals surface area contributed by atoms with Crippen molar-refractivity contribution in [2.45, 2.75) is 25.3 Å². The van der Waals surface area contributed by atoms with Gasteiger partial charge in [0.05, 0.1) is 7.11 Å².